The van der Waals surface area contributed by atoms with Gasteiger partial charge in [-0.2, -0.15) is 0 Å². The van der Waals surface area contributed by atoms with Crippen molar-refractivity contribution in [2.75, 3.05) is 0 Å². The van der Waals surface area contributed by atoms with E-state index in [9.17, 15) is 19.8 Å². The Morgan fingerprint density at radius 3 is 0.804 bits per heavy atom. The smallest absolute Gasteiger partial charge is 0.335 e. The van der Waals surface area contributed by atoms with Gasteiger partial charge in [-0.1, -0.05) is 36.4 Å². The standard InChI is InChI=1S/C86H102O6/c87-75(88)65-1-11-71(79-29-61-21-62(30-79)40-83(39-61,49-79)81-33-51-13-52(34-81)15-53(14-51)35-81)73(23-65)91-69-7-3-67(4-8-69)77-25-57-19-58(26-77)44-85(43-57,47-77)86-45-59-20-60(46-86)28-78(27-59,48-86)68-5-9-70(10-6-68)92-74-24-66(76(89)90)2-12-72(74)80-31-63-22-64(32-80)42-84(41-63,50-80)82-36-54-16-55(37-82)18-56(17-54)38-82/h1-12,23-24,51-64H,13-22,25-50H2,(H,87,88)(H,89,90). The van der Waals surface area contributed by atoms with Crippen LogP contribution in [-0.4, -0.2) is 22.2 Å². The van der Waals surface area contributed by atoms with Crippen LogP contribution in [0.15, 0.2) is 84.9 Å². The molecule has 0 spiro atoms. The molecule has 24 saturated carbocycles. The summed E-state index contributed by atoms with van der Waals surface area (Å²) in [6.45, 7) is 0. The lowest BCUT2D eigenvalue weighted by Gasteiger charge is -2.74. The number of aromatic carboxylic acids is 2. The summed E-state index contributed by atoms with van der Waals surface area (Å²) in [5, 5.41) is 21.0. The Hall–Kier alpha value is -4.58. The predicted molar refractivity (Wildman–Crippen MR) is 356 cm³/mol. The zero-order valence-electron chi connectivity index (χ0n) is 55.1. The highest BCUT2D eigenvalue weighted by Crippen LogP contribution is 2.82. The Bertz CT molecular complexity index is 3410. The molecule has 8 unspecified atom stereocenters. The quantitative estimate of drug-likeness (QED) is 0.139. The highest BCUT2D eigenvalue weighted by Gasteiger charge is 2.73. The van der Waals surface area contributed by atoms with Gasteiger partial charge in [0.15, 0.2) is 0 Å². The number of carbonyl (C=O) groups is 2. The Morgan fingerprint density at radius 1 is 0.283 bits per heavy atom. The molecule has 92 heavy (non-hydrogen) atoms. The molecule has 6 nitrogen and oxygen atoms in total. The van der Waals surface area contributed by atoms with E-state index in [1.807, 2.05) is 24.3 Å². The second-order valence-electron chi connectivity index (χ2n) is 39.8. The van der Waals surface area contributed by atoms with E-state index in [2.05, 4.69) is 60.7 Å². The zero-order valence-corrected chi connectivity index (χ0v) is 55.1. The SMILES string of the molecule is O=C(O)c1ccc(C23CC4CC(C2)CC(C25CC6CC(CC(C6)C2)C5)(C4)C3)c(Oc2ccc(C34CC5CC(C3)CC(C36CC7CC(CC(c8ccc(Oc9cc(C(=O)O)ccc9C9%10CC%11CC(C9)CC(C9%12CC%13CC(CC(C%13)C9)C%12)(C%11)C%10)cc8)(C7)C3)C6)(C5)C4)cc2)c1. The molecule has 24 bridgehead atoms. The van der Waals surface area contributed by atoms with Crippen molar-refractivity contribution in [3.8, 4) is 23.0 Å². The fraction of sp³-hybridized carbons (Fsp3) is 0.698. The summed E-state index contributed by atoms with van der Waals surface area (Å²) in [7, 11) is 0. The number of hydrogen-bond acceptors (Lipinski definition) is 4. The first-order chi connectivity index (χ1) is 44.5. The van der Waals surface area contributed by atoms with Crippen LogP contribution in [0.5, 0.6) is 23.0 Å². The van der Waals surface area contributed by atoms with E-state index in [0.29, 0.717) is 43.6 Å². The van der Waals surface area contributed by atoms with E-state index in [4.69, 9.17) is 9.47 Å². The maximum Gasteiger partial charge on any atom is 0.335 e. The monoisotopic (exact) mass is 1230 g/mol. The van der Waals surface area contributed by atoms with E-state index in [1.165, 1.54) is 242 Å². The van der Waals surface area contributed by atoms with Crippen LogP contribution in [0.2, 0.25) is 0 Å². The molecule has 8 atom stereocenters. The van der Waals surface area contributed by atoms with Crippen molar-refractivity contribution in [2.24, 2.45) is 115 Å². The Kier molecular flexibility index (Phi) is 11.1. The molecular formula is C86H102O6. The molecule has 0 amide bonds. The second-order valence-corrected chi connectivity index (χ2v) is 39.8. The molecule has 482 valence electrons. The van der Waals surface area contributed by atoms with Crippen molar-refractivity contribution in [3.05, 3.63) is 118 Å². The van der Waals surface area contributed by atoms with Crippen LogP contribution in [0.4, 0.5) is 0 Å². The van der Waals surface area contributed by atoms with Crippen molar-refractivity contribution in [3.63, 3.8) is 0 Å². The third-order valence-corrected chi connectivity index (χ3v) is 34.7. The van der Waals surface area contributed by atoms with Crippen LogP contribution < -0.4 is 9.47 Å². The van der Waals surface area contributed by atoms with Crippen molar-refractivity contribution < 1.29 is 29.3 Å². The maximum atomic E-state index is 12.8. The van der Waals surface area contributed by atoms with Gasteiger partial charge >= 0.3 is 11.9 Å². The van der Waals surface area contributed by atoms with Crippen LogP contribution in [0, 0.1) is 115 Å². The summed E-state index contributed by atoms with van der Waals surface area (Å²) in [4.78, 5) is 25.6. The summed E-state index contributed by atoms with van der Waals surface area (Å²) in [6, 6.07) is 31.3. The number of ether oxygens (including phenoxy) is 2. The molecule has 0 saturated heterocycles. The molecule has 0 aliphatic heterocycles. The van der Waals surface area contributed by atoms with Gasteiger partial charge in [-0.3, -0.25) is 0 Å². The molecule has 6 heteroatoms. The molecule has 24 aliphatic rings. The van der Waals surface area contributed by atoms with Crippen LogP contribution >= 0.6 is 0 Å². The van der Waals surface area contributed by atoms with Crippen LogP contribution in [0.25, 0.3) is 0 Å². The van der Waals surface area contributed by atoms with E-state index in [0.717, 1.165) is 106 Å². The highest BCUT2D eigenvalue weighted by atomic mass is 16.5. The Morgan fingerprint density at radius 2 is 0.522 bits per heavy atom. The number of rotatable bonds is 13. The molecule has 2 N–H and O–H groups in total. The van der Waals surface area contributed by atoms with Gasteiger partial charge in [0.25, 0.3) is 0 Å². The molecule has 0 heterocycles. The first kappa shape index (κ1) is 55.5. The predicted octanol–water partition coefficient (Wildman–Crippen LogP) is 21.2. The topological polar surface area (TPSA) is 93.1 Å². The summed E-state index contributed by atoms with van der Waals surface area (Å²) < 4.78 is 14.5. The Labute approximate surface area is 547 Å². The van der Waals surface area contributed by atoms with E-state index < -0.39 is 11.9 Å². The maximum absolute atomic E-state index is 12.8. The van der Waals surface area contributed by atoms with Crippen molar-refractivity contribution >= 4 is 11.9 Å². The normalized spacial score (nSPS) is 50.5. The van der Waals surface area contributed by atoms with Gasteiger partial charge in [0.2, 0.25) is 0 Å². The summed E-state index contributed by atoms with van der Waals surface area (Å²) in [5.74, 6) is 13.7. The molecule has 0 radical (unpaired) electrons. The fourth-order valence-corrected chi connectivity index (χ4v) is 34.7. The summed E-state index contributed by atoms with van der Waals surface area (Å²) in [5.41, 5.74) is 9.57. The fourth-order valence-electron chi connectivity index (χ4n) is 34.7. The first-order valence-corrected chi connectivity index (χ1v) is 38.8. The molecule has 28 rings (SSSR count). The Balaban J connectivity index is 0.544. The molecule has 4 aromatic carbocycles. The number of carboxylic acid groups (broad SMARTS) is 2. The van der Waals surface area contributed by atoms with Gasteiger partial charge in [-0.25, -0.2) is 9.59 Å². The van der Waals surface area contributed by atoms with Gasteiger partial charge in [-0.05, 0) is 417 Å². The van der Waals surface area contributed by atoms with Crippen LogP contribution in [0.3, 0.4) is 0 Å². The van der Waals surface area contributed by atoms with Crippen molar-refractivity contribution in [2.45, 2.75) is 253 Å². The zero-order chi connectivity index (χ0) is 60.8. The number of carboxylic acids is 2. The minimum atomic E-state index is -0.864. The minimum Gasteiger partial charge on any atom is -0.478 e. The lowest BCUT2D eigenvalue weighted by molar-refractivity contribution is -0.212. The molecular weight excluding hydrogens is 1130 g/mol. The van der Waals surface area contributed by atoms with Crippen LogP contribution in [0.1, 0.15) is 274 Å². The lowest BCUT2D eigenvalue weighted by Crippen LogP contribution is -2.66. The second kappa shape index (κ2) is 18.3. The van der Waals surface area contributed by atoms with Crippen LogP contribution in [-0.2, 0) is 21.7 Å². The summed E-state index contributed by atoms with van der Waals surface area (Å²) >= 11 is 0. The van der Waals surface area contributed by atoms with Gasteiger partial charge < -0.3 is 19.7 Å². The highest BCUT2D eigenvalue weighted by molar-refractivity contribution is 5.89. The summed E-state index contributed by atoms with van der Waals surface area (Å²) in [6.07, 6.45) is 50.5. The molecule has 24 aliphatic carbocycles. The van der Waals surface area contributed by atoms with Gasteiger partial charge in [-0.15, -0.1) is 0 Å². The van der Waals surface area contributed by atoms with E-state index >= 15 is 0 Å². The van der Waals surface area contributed by atoms with Crippen molar-refractivity contribution in [1.29, 1.82) is 0 Å². The average molecular weight is 1230 g/mol. The third kappa shape index (κ3) is 7.63. The van der Waals surface area contributed by atoms with E-state index in [1.54, 1.807) is 11.1 Å². The third-order valence-electron chi connectivity index (χ3n) is 34.7. The molecule has 24 fully saturated rings. The minimum absolute atomic E-state index is 0.0637. The van der Waals surface area contributed by atoms with Gasteiger partial charge in [0.05, 0.1) is 11.1 Å². The number of benzene rings is 4. The van der Waals surface area contributed by atoms with Crippen molar-refractivity contribution in [1.82, 2.24) is 0 Å². The largest absolute Gasteiger partial charge is 0.478 e. The molecule has 0 aromatic heterocycles. The lowest BCUT2D eigenvalue weighted by atomic mass is 9.30. The first-order valence-electron chi connectivity index (χ1n) is 38.8. The van der Waals surface area contributed by atoms with Gasteiger partial charge in [0, 0.05) is 22.0 Å². The van der Waals surface area contributed by atoms with E-state index in [-0.39, 0.29) is 21.7 Å². The van der Waals surface area contributed by atoms with Gasteiger partial charge in [0.1, 0.15) is 23.0 Å². The average Bonchev–Trinajstić information content (AvgIpc) is 0.699. The number of hydrogen-bond donors (Lipinski definition) is 2. The molecule has 4 aromatic rings.